The summed E-state index contributed by atoms with van der Waals surface area (Å²) in [5, 5.41) is 0. The van der Waals surface area contributed by atoms with Gasteiger partial charge in [0.1, 0.15) is 0 Å². The van der Waals surface area contributed by atoms with Crippen LogP contribution in [0.15, 0.2) is 0 Å². The lowest BCUT2D eigenvalue weighted by atomic mass is 10.7. The maximum atomic E-state index is 9.84. The first-order valence-corrected chi connectivity index (χ1v) is 2.04. The van der Waals surface area contributed by atoms with Gasteiger partial charge in [0.15, 0.2) is 0 Å². The number of hydrogen-bond donors (Lipinski definition) is 1. The van der Waals surface area contributed by atoms with Crippen LogP contribution in [0.4, 0.5) is 0 Å². The highest BCUT2D eigenvalue weighted by Crippen LogP contribution is 1.59. The molecule has 0 saturated heterocycles. The monoisotopic (exact) mass is 138 g/mol. The molecule has 5 nitrogen and oxygen atoms in total. The number of rotatable bonds is 1. The van der Waals surface area contributed by atoms with Gasteiger partial charge in [-0.25, -0.2) is 0 Å². The predicted octanol–water partition coefficient (Wildman–Crippen LogP) is -3.35. The van der Waals surface area contributed by atoms with E-state index in [1.165, 1.54) is 0 Å². The van der Waals surface area contributed by atoms with Crippen LogP contribution in [0.25, 0.3) is 0 Å². The van der Waals surface area contributed by atoms with Crippen molar-refractivity contribution < 1.29 is 19.5 Å². The zero-order valence-electron chi connectivity index (χ0n) is 4.31. The average molecular weight is 138 g/mol. The highest BCUT2D eigenvalue weighted by Gasteiger charge is 1.86. The fraction of sp³-hybridized carbons (Fsp3) is 0.500. The number of carbonyl (C=O) groups excluding carboxylic acids is 1. The van der Waals surface area contributed by atoms with E-state index in [1.54, 1.807) is 0 Å². The molecule has 0 aromatic carbocycles. The highest BCUT2D eigenvalue weighted by molar-refractivity contribution is 6.05. The topological polar surface area (TPSA) is 115 Å². The molecule has 0 aromatic heterocycles. The lowest BCUT2D eigenvalue weighted by Crippen LogP contribution is -2.14. The van der Waals surface area contributed by atoms with Crippen LogP contribution in [0.5, 0.6) is 0 Å². The van der Waals surface area contributed by atoms with E-state index in [2.05, 4.69) is 3.79 Å². The average Bonchev–Trinajstić information content (AvgIpc) is 1.65. The third-order valence-electron chi connectivity index (χ3n) is 0.328. The van der Waals surface area contributed by atoms with Crippen LogP contribution in [0.1, 0.15) is 0 Å². The minimum atomic E-state index is -0.367. The molecule has 0 heterocycles. The van der Waals surface area contributed by atoms with Crippen LogP contribution >= 0.6 is 0 Å². The molecule has 1 radical (unpaired) electrons. The molecule has 0 spiro atoms. The Kier molecular flexibility index (Phi) is 19.6. The summed E-state index contributed by atoms with van der Waals surface area (Å²) < 4.78 is 4.16. The zero-order chi connectivity index (χ0) is 4.99. The van der Waals surface area contributed by atoms with E-state index in [0.717, 1.165) is 16.6 Å². The number of carbonyl (C=O) groups is 1. The minimum absolute atomic E-state index is 0. The summed E-state index contributed by atoms with van der Waals surface area (Å²) in [5.74, 6) is -0.367. The summed E-state index contributed by atoms with van der Waals surface area (Å²) in [6.45, 7) is -0.0243. The molecule has 0 amide bonds. The summed E-state index contributed by atoms with van der Waals surface area (Å²) in [5.41, 5.74) is 4.81. The van der Waals surface area contributed by atoms with Gasteiger partial charge in [-0.1, -0.05) is 0 Å². The van der Waals surface area contributed by atoms with E-state index < -0.39 is 0 Å². The molecule has 0 bridgehead atoms. The lowest BCUT2D eigenvalue weighted by Gasteiger charge is -1.91. The van der Waals surface area contributed by atoms with E-state index in [1.807, 2.05) is 0 Å². The minimum Gasteiger partial charge on any atom is -0.623 e. The van der Waals surface area contributed by atoms with E-state index in [-0.39, 0.29) is 23.5 Å². The van der Waals surface area contributed by atoms with Gasteiger partial charge in [-0.3, -0.25) is 4.79 Å². The molecule has 0 saturated carbocycles. The fourth-order valence-corrected chi connectivity index (χ4v) is 0.177. The van der Waals surface area contributed by atoms with E-state index in [4.69, 9.17) is 5.73 Å². The van der Waals surface area contributed by atoms with Crippen molar-refractivity contribution in [1.82, 2.24) is 0 Å². The molecule has 0 aliphatic heterocycles. The molecular formula is C2H9AlNO4. The molecule has 0 aliphatic rings. The first-order chi connectivity index (χ1) is 2.81. The normalized spacial score (nSPS) is 5.62. The molecule has 8 heavy (non-hydrogen) atoms. The fourth-order valence-electron chi connectivity index (χ4n) is 0.0589. The zero-order valence-corrected chi connectivity index (χ0v) is 5.72. The van der Waals surface area contributed by atoms with Gasteiger partial charge in [-0.15, -0.1) is 0 Å². The third kappa shape index (κ3) is 9.30. The Morgan fingerprint density at radius 2 is 2.00 bits per heavy atom. The number of nitrogens with two attached hydrogens (primary N) is 1. The smallest absolute Gasteiger partial charge is 0.496 e. The first-order valence-electron chi connectivity index (χ1n) is 1.46. The second kappa shape index (κ2) is 9.99. The highest BCUT2D eigenvalue weighted by atomic mass is 27.1. The Labute approximate surface area is 55.2 Å². The summed E-state index contributed by atoms with van der Waals surface area (Å²) in [7, 11) is 0. The van der Waals surface area contributed by atoms with Gasteiger partial charge < -0.3 is 20.5 Å². The van der Waals surface area contributed by atoms with Crippen molar-refractivity contribution in [3.05, 3.63) is 0 Å². The van der Waals surface area contributed by atoms with Crippen LogP contribution in [0.2, 0.25) is 0 Å². The molecule has 0 aliphatic carbocycles. The van der Waals surface area contributed by atoms with Gasteiger partial charge in [0.25, 0.3) is 5.97 Å². The van der Waals surface area contributed by atoms with Crippen LogP contribution in [-0.4, -0.2) is 40.1 Å². The Hall–Kier alpha value is -0.118. The molecule has 0 unspecified atom stereocenters. The summed E-state index contributed by atoms with van der Waals surface area (Å²) >= 11 is 1.13. The summed E-state index contributed by atoms with van der Waals surface area (Å²) in [4.78, 5) is 9.84. The Morgan fingerprint density at radius 3 is 2.00 bits per heavy atom. The maximum Gasteiger partial charge on any atom is 0.496 e. The molecule has 49 valence electrons. The Bertz CT molecular complexity index is 52.0. The summed E-state index contributed by atoms with van der Waals surface area (Å²) in [6, 6.07) is 0. The molecule has 6 N–H and O–H groups in total. The number of hydrogen-bond acceptors (Lipinski definition) is 3. The summed E-state index contributed by atoms with van der Waals surface area (Å²) in [6.07, 6.45) is 0. The van der Waals surface area contributed by atoms with Gasteiger partial charge in [-0.05, 0) is 0 Å². The molecule has 0 atom stereocenters. The second-order valence-corrected chi connectivity index (χ2v) is 1.01. The van der Waals surface area contributed by atoms with E-state index in [9.17, 15) is 4.79 Å². The first kappa shape index (κ1) is 15.7. The molecule has 0 fully saturated rings. The van der Waals surface area contributed by atoms with Crippen molar-refractivity contribution in [2.75, 3.05) is 6.54 Å². The van der Waals surface area contributed by atoms with Crippen molar-refractivity contribution in [1.29, 1.82) is 0 Å². The van der Waals surface area contributed by atoms with Crippen molar-refractivity contribution in [2.45, 2.75) is 0 Å². The van der Waals surface area contributed by atoms with Gasteiger partial charge >= 0.3 is 16.6 Å². The SMILES string of the molecule is NCC(=O)[O][AlH].O.O. The van der Waals surface area contributed by atoms with Crippen LogP contribution in [0, 0.1) is 0 Å². The molecule has 0 rings (SSSR count). The van der Waals surface area contributed by atoms with E-state index in [0.29, 0.717) is 0 Å². The quantitative estimate of drug-likeness (QED) is 0.381. The van der Waals surface area contributed by atoms with Gasteiger partial charge in [0.2, 0.25) is 0 Å². The van der Waals surface area contributed by atoms with Gasteiger partial charge in [0.05, 0.1) is 6.54 Å². The lowest BCUT2D eigenvalue weighted by molar-refractivity contribution is -0.132. The van der Waals surface area contributed by atoms with Crippen LogP contribution in [0.3, 0.4) is 0 Å². The van der Waals surface area contributed by atoms with Crippen molar-refractivity contribution >= 4 is 22.6 Å². The third-order valence-corrected chi connectivity index (χ3v) is 0.650. The van der Waals surface area contributed by atoms with Crippen molar-refractivity contribution in [3.8, 4) is 0 Å². The van der Waals surface area contributed by atoms with E-state index >= 15 is 0 Å². The van der Waals surface area contributed by atoms with Gasteiger partial charge in [0, 0.05) is 0 Å². The van der Waals surface area contributed by atoms with Gasteiger partial charge in [-0.2, -0.15) is 0 Å². The van der Waals surface area contributed by atoms with Crippen molar-refractivity contribution in [3.63, 3.8) is 0 Å². The van der Waals surface area contributed by atoms with Crippen molar-refractivity contribution in [2.24, 2.45) is 5.73 Å². The molecule has 6 heteroatoms. The second-order valence-electron chi connectivity index (χ2n) is 0.720. The molecule has 0 aromatic rings. The maximum absolute atomic E-state index is 9.84. The Balaban J connectivity index is -0.000000125. The Morgan fingerprint density at radius 1 is 1.62 bits per heavy atom. The predicted molar refractivity (Wildman–Crippen MR) is 29.5 cm³/mol. The van der Waals surface area contributed by atoms with Crippen LogP contribution < -0.4 is 5.73 Å². The molecular weight excluding hydrogens is 129 g/mol. The van der Waals surface area contributed by atoms with Crippen LogP contribution in [-0.2, 0) is 8.58 Å². The largest absolute Gasteiger partial charge is 0.623 e. The standard InChI is InChI=1S/C2H5NO2.Al.2H2O.H/c3-1-2(4)5;;;;/h1,3H2,(H,4,5);;2*1H2;/q;+1;;;/p-1.